The molecule has 0 amide bonds. The molecule has 1 aliphatic heterocycles. The molecular weight excluding hydrogens is 228 g/mol. The Labute approximate surface area is 108 Å². The molecule has 1 saturated heterocycles. The maximum Gasteiger partial charge on any atom is 0.309 e. The first-order chi connectivity index (χ1) is 8.42. The average molecular weight is 250 g/mol. The number of aliphatic hydroxyl groups is 1. The van der Waals surface area contributed by atoms with E-state index in [0.29, 0.717) is 0 Å². The smallest absolute Gasteiger partial charge is 0.309 e. The molecule has 0 aromatic heterocycles. The molecule has 2 aliphatic carbocycles. The van der Waals surface area contributed by atoms with E-state index in [1.54, 1.807) is 0 Å². The zero-order chi connectivity index (χ0) is 13.1. The van der Waals surface area contributed by atoms with E-state index in [1.165, 1.54) is 11.1 Å². The maximum atomic E-state index is 11.8. The molecule has 0 bridgehead atoms. The summed E-state index contributed by atoms with van der Waals surface area (Å²) in [7, 11) is 0. The minimum absolute atomic E-state index is 0.0152. The van der Waals surface area contributed by atoms with Crippen molar-refractivity contribution < 1.29 is 14.6 Å². The minimum atomic E-state index is -0.714. The standard InChI is InChI=1S/C15H22O3/c1-8-4-5-11-9(2)14(16)18-13(11)12-10(8)6-7-15(12,3)17/h9,11-13,17H,4-7H2,1-3H3/t9-,11-,12-,13+,15+/m0/s1. The van der Waals surface area contributed by atoms with Crippen LogP contribution in [0.1, 0.15) is 46.5 Å². The van der Waals surface area contributed by atoms with Crippen molar-refractivity contribution in [3.05, 3.63) is 11.1 Å². The second-order valence-corrected chi connectivity index (χ2v) is 6.53. The average Bonchev–Trinajstić information content (AvgIpc) is 2.69. The molecule has 5 atom stereocenters. The molecule has 1 N–H and O–H groups in total. The fraction of sp³-hybridized carbons (Fsp3) is 0.800. The second kappa shape index (κ2) is 3.83. The topological polar surface area (TPSA) is 46.5 Å². The van der Waals surface area contributed by atoms with E-state index in [-0.39, 0.29) is 29.8 Å². The van der Waals surface area contributed by atoms with Crippen molar-refractivity contribution in [1.82, 2.24) is 0 Å². The van der Waals surface area contributed by atoms with Gasteiger partial charge in [0.25, 0.3) is 0 Å². The first-order valence-electron chi connectivity index (χ1n) is 7.03. The van der Waals surface area contributed by atoms with Gasteiger partial charge < -0.3 is 9.84 Å². The lowest BCUT2D eigenvalue weighted by molar-refractivity contribution is -0.147. The number of fused-ring (bicyclic) bond motifs is 3. The van der Waals surface area contributed by atoms with E-state index >= 15 is 0 Å². The molecular formula is C15H22O3. The second-order valence-electron chi connectivity index (χ2n) is 6.53. The van der Waals surface area contributed by atoms with Crippen LogP contribution in [-0.2, 0) is 9.53 Å². The molecule has 3 nitrogen and oxygen atoms in total. The van der Waals surface area contributed by atoms with Crippen LogP contribution in [0, 0.1) is 17.8 Å². The summed E-state index contributed by atoms with van der Waals surface area (Å²) in [5, 5.41) is 10.6. The Morgan fingerprint density at radius 2 is 2.11 bits per heavy atom. The van der Waals surface area contributed by atoms with Gasteiger partial charge in [-0.1, -0.05) is 18.1 Å². The fourth-order valence-corrected chi connectivity index (χ4v) is 4.17. The zero-order valence-electron chi connectivity index (χ0n) is 11.4. The largest absolute Gasteiger partial charge is 0.461 e. The van der Waals surface area contributed by atoms with Crippen LogP contribution in [0.15, 0.2) is 11.1 Å². The van der Waals surface area contributed by atoms with Crippen molar-refractivity contribution in [2.75, 3.05) is 0 Å². The SMILES string of the molecule is CC1=C2CC[C@@](C)(O)[C@@H]2[C@@H]2OC(=O)[C@@H](C)[C@@H]2CC1. The van der Waals surface area contributed by atoms with Crippen molar-refractivity contribution >= 4 is 5.97 Å². The van der Waals surface area contributed by atoms with Gasteiger partial charge in [0.2, 0.25) is 0 Å². The first kappa shape index (κ1) is 12.2. The van der Waals surface area contributed by atoms with Crippen LogP contribution < -0.4 is 0 Å². The summed E-state index contributed by atoms with van der Waals surface area (Å²) in [5.41, 5.74) is 2.05. The molecule has 0 aromatic rings. The summed E-state index contributed by atoms with van der Waals surface area (Å²) in [6, 6.07) is 0. The first-order valence-corrected chi connectivity index (χ1v) is 7.03. The highest BCUT2D eigenvalue weighted by Crippen LogP contribution is 2.52. The van der Waals surface area contributed by atoms with Crippen LogP contribution in [0.5, 0.6) is 0 Å². The van der Waals surface area contributed by atoms with Gasteiger partial charge in [0.15, 0.2) is 0 Å². The summed E-state index contributed by atoms with van der Waals surface area (Å²) in [4.78, 5) is 11.8. The van der Waals surface area contributed by atoms with E-state index in [4.69, 9.17) is 4.74 Å². The molecule has 0 spiro atoms. The van der Waals surface area contributed by atoms with Crippen molar-refractivity contribution in [1.29, 1.82) is 0 Å². The number of hydrogen-bond acceptors (Lipinski definition) is 3. The third kappa shape index (κ3) is 1.56. The Morgan fingerprint density at radius 3 is 2.83 bits per heavy atom. The molecule has 1 heterocycles. The molecule has 0 radical (unpaired) electrons. The lowest BCUT2D eigenvalue weighted by Gasteiger charge is -2.32. The Balaban J connectivity index is 2.04. The van der Waals surface area contributed by atoms with Gasteiger partial charge in [-0.2, -0.15) is 0 Å². The van der Waals surface area contributed by atoms with Crippen LogP contribution in [-0.4, -0.2) is 22.8 Å². The highest BCUT2D eigenvalue weighted by Gasteiger charge is 2.55. The van der Waals surface area contributed by atoms with Crippen molar-refractivity contribution in [2.24, 2.45) is 17.8 Å². The van der Waals surface area contributed by atoms with E-state index in [9.17, 15) is 9.90 Å². The minimum Gasteiger partial charge on any atom is -0.461 e. The van der Waals surface area contributed by atoms with Gasteiger partial charge in [-0.3, -0.25) is 4.79 Å². The Kier molecular flexibility index (Phi) is 2.60. The summed E-state index contributed by atoms with van der Waals surface area (Å²) < 4.78 is 5.62. The van der Waals surface area contributed by atoms with Crippen LogP contribution in [0.2, 0.25) is 0 Å². The van der Waals surface area contributed by atoms with E-state index in [2.05, 4.69) is 6.92 Å². The van der Waals surface area contributed by atoms with Crippen molar-refractivity contribution in [2.45, 2.75) is 58.2 Å². The van der Waals surface area contributed by atoms with Crippen LogP contribution in [0.25, 0.3) is 0 Å². The van der Waals surface area contributed by atoms with E-state index < -0.39 is 5.60 Å². The van der Waals surface area contributed by atoms with Crippen molar-refractivity contribution in [3.8, 4) is 0 Å². The number of esters is 1. The highest BCUT2D eigenvalue weighted by atomic mass is 16.6. The fourth-order valence-electron chi connectivity index (χ4n) is 4.17. The monoisotopic (exact) mass is 250 g/mol. The van der Waals surface area contributed by atoms with Gasteiger partial charge in [0, 0.05) is 11.8 Å². The van der Waals surface area contributed by atoms with E-state index in [1.807, 2.05) is 13.8 Å². The number of allylic oxidation sites excluding steroid dienone is 1. The molecule has 0 unspecified atom stereocenters. The van der Waals surface area contributed by atoms with E-state index in [0.717, 1.165) is 25.7 Å². The van der Waals surface area contributed by atoms with Crippen molar-refractivity contribution in [3.63, 3.8) is 0 Å². The Bertz CT molecular complexity index is 421. The lowest BCUT2D eigenvalue weighted by Crippen LogP contribution is -2.40. The highest BCUT2D eigenvalue weighted by molar-refractivity contribution is 5.75. The summed E-state index contributed by atoms with van der Waals surface area (Å²) in [6.07, 6.45) is 3.71. The third-order valence-corrected chi connectivity index (χ3v) is 5.36. The van der Waals surface area contributed by atoms with Gasteiger partial charge in [-0.05, 0) is 39.5 Å². The molecule has 3 rings (SSSR count). The maximum absolute atomic E-state index is 11.8. The number of ether oxygens (including phenoxy) is 1. The molecule has 0 aromatic carbocycles. The zero-order valence-corrected chi connectivity index (χ0v) is 11.4. The normalized spacial score (nSPS) is 47.7. The number of carbonyl (C=O) groups is 1. The van der Waals surface area contributed by atoms with Crippen LogP contribution >= 0.6 is 0 Å². The predicted molar refractivity (Wildman–Crippen MR) is 67.8 cm³/mol. The third-order valence-electron chi connectivity index (χ3n) is 5.36. The Hall–Kier alpha value is -0.830. The molecule has 3 heteroatoms. The van der Waals surface area contributed by atoms with Gasteiger partial charge in [-0.25, -0.2) is 0 Å². The summed E-state index contributed by atoms with van der Waals surface area (Å²) >= 11 is 0. The molecule has 100 valence electrons. The van der Waals surface area contributed by atoms with Crippen LogP contribution in [0.4, 0.5) is 0 Å². The molecule has 2 fully saturated rings. The quantitative estimate of drug-likeness (QED) is 0.530. The van der Waals surface area contributed by atoms with Gasteiger partial charge in [0.1, 0.15) is 6.10 Å². The summed E-state index contributed by atoms with van der Waals surface area (Å²) in [5.74, 6) is 0.212. The lowest BCUT2D eigenvalue weighted by atomic mass is 9.78. The molecule has 18 heavy (non-hydrogen) atoms. The Morgan fingerprint density at radius 1 is 1.39 bits per heavy atom. The van der Waals surface area contributed by atoms with Gasteiger partial charge >= 0.3 is 5.97 Å². The molecule has 1 saturated carbocycles. The number of carbonyl (C=O) groups excluding carboxylic acids is 1. The molecule has 3 aliphatic rings. The summed E-state index contributed by atoms with van der Waals surface area (Å²) in [6.45, 7) is 6.05. The van der Waals surface area contributed by atoms with Crippen LogP contribution in [0.3, 0.4) is 0 Å². The number of rotatable bonds is 0. The van der Waals surface area contributed by atoms with Gasteiger partial charge in [0.05, 0.1) is 11.5 Å². The number of hydrogen-bond donors (Lipinski definition) is 1. The predicted octanol–water partition coefficient (Wildman–Crippen LogP) is 2.44. The van der Waals surface area contributed by atoms with Gasteiger partial charge in [-0.15, -0.1) is 0 Å².